The van der Waals surface area contributed by atoms with Crippen LogP contribution in [0.2, 0.25) is 5.02 Å². The van der Waals surface area contributed by atoms with Crippen LogP contribution in [0.1, 0.15) is 37.7 Å². The number of aliphatic hydroxyl groups excluding tert-OH is 1. The van der Waals surface area contributed by atoms with Gasteiger partial charge in [-0.3, -0.25) is 0 Å². The van der Waals surface area contributed by atoms with Gasteiger partial charge in [-0.1, -0.05) is 36.6 Å². The van der Waals surface area contributed by atoms with Crippen molar-refractivity contribution in [2.75, 3.05) is 0 Å². The van der Waals surface area contributed by atoms with Crippen molar-refractivity contribution < 1.29 is 9.84 Å². The largest absolute Gasteiger partial charge is 0.486 e. The van der Waals surface area contributed by atoms with Gasteiger partial charge < -0.3 is 15.6 Å². The zero-order chi connectivity index (χ0) is 13.0. The molecule has 2 rings (SSSR count). The van der Waals surface area contributed by atoms with Crippen molar-refractivity contribution >= 4 is 11.6 Å². The highest BCUT2D eigenvalue weighted by Gasteiger charge is 2.24. The van der Waals surface area contributed by atoms with Crippen molar-refractivity contribution in [3.63, 3.8) is 0 Å². The van der Waals surface area contributed by atoms with Crippen LogP contribution in [-0.4, -0.2) is 17.3 Å². The lowest BCUT2D eigenvalue weighted by Gasteiger charge is -2.24. The van der Waals surface area contributed by atoms with Gasteiger partial charge >= 0.3 is 0 Å². The van der Waals surface area contributed by atoms with Crippen LogP contribution in [0, 0.1) is 0 Å². The van der Waals surface area contributed by atoms with Gasteiger partial charge in [0.15, 0.2) is 0 Å². The fourth-order valence-electron chi connectivity index (χ4n) is 2.39. The van der Waals surface area contributed by atoms with E-state index in [4.69, 9.17) is 22.1 Å². The van der Waals surface area contributed by atoms with E-state index in [-0.39, 0.29) is 6.10 Å². The van der Waals surface area contributed by atoms with Crippen LogP contribution in [0.15, 0.2) is 18.2 Å². The Hall–Kier alpha value is -0.770. The average Bonchev–Trinajstić information content (AvgIpc) is 2.57. The molecule has 0 heterocycles. The zero-order valence-corrected chi connectivity index (χ0v) is 11.2. The molecule has 100 valence electrons. The molecule has 2 unspecified atom stereocenters. The molecule has 3 N–H and O–H groups in total. The van der Waals surface area contributed by atoms with E-state index in [9.17, 15) is 5.11 Å². The number of aliphatic hydroxyl groups is 1. The molecule has 1 aromatic rings. The highest BCUT2D eigenvalue weighted by Crippen LogP contribution is 2.32. The van der Waals surface area contributed by atoms with Crippen molar-refractivity contribution in [3.8, 4) is 5.75 Å². The highest BCUT2D eigenvalue weighted by molar-refractivity contribution is 6.32. The number of hydrogen-bond acceptors (Lipinski definition) is 3. The van der Waals surface area contributed by atoms with Gasteiger partial charge in [0, 0.05) is 12.1 Å². The average molecular weight is 270 g/mol. The lowest BCUT2D eigenvalue weighted by Crippen LogP contribution is -2.31. The number of hydrogen-bond donors (Lipinski definition) is 2. The van der Waals surface area contributed by atoms with Gasteiger partial charge in [-0.15, -0.1) is 0 Å². The topological polar surface area (TPSA) is 55.5 Å². The second-order valence-corrected chi connectivity index (χ2v) is 5.20. The number of para-hydroxylation sites is 1. The first kappa shape index (κ1) is 13.7. The monoisotopic (exact) mass is 269 g/mol. The zero-order valence-electron chi connectivity index (χ0n) is 10.4. The van der Waals surface area contributed by atoms with Crippen LogP contribution in [0.4, 0.5) is 0 Å². The molecule has 0 amide bonds. The Balaban J connectivity index is 2.16. The van der Waals surface area contributed by atoms with E-state index in [0.29, 0.717) is 17.3 Å². The second-order valence-electron chi connectivity index (χ2n) is 4.79. The van der Waals surface area contributed by atoms with E-state index in [1.807, 2.05) is 12.1 Å². The van der Waals surface area contributed by atoms with E-state index >= 15 is 0 Å². The van der Waals surface area contributed by atoms with Crippen LogP contribution in [0.5, 0.6) is 5.75 Å². The molecule has 4 heteroatoms. The van der Waals surface area contributed by atoms with Gasteiger partial charge in [0.2, 0.25) is 0 Å². The van der Waals surface area contributed by atoms with Crippen molar-refractivity contribution in [1.82, 2.24) is 0 Å². The van der Waals surface area contributed by atoms with Crippen LogP contribution in [-0.2, 0) is 6.54 Å². The number of nitrogens with two attached hydrogens (primary N) is 1. The summed E-state index contributed by atoms with van der Waals surface area (Å²) in [5, 5.41) is 10.6. The fraction of sp³-hybridized carbons (Fsp3) is 0.571. The summed E-state index contributed by atoms with van der Waals surface area (Å²) >= 11 is 6.15. The van der Waals surface area contributed by atoms with E-state index < -0.39 is 6.10 Å². The molecule has 1 aromatic carbocycles. The Bertz CT molecular complexity index is 397. The first-order valence-corrected chi connectivity index (χ1v) is 6.92. The molecule has 0 aliphatic heterocycles. The summed E-state index contributed by atoms with van der Waals surface area (Å²) in [5.74, 6) is 0.632. The Labute approximate surface area is 113 Å². The predicted octanol–water partition coefficient (Wildman–Crippen LogP) is 2.87. The Morgan fingerprint density at radius 2 is 2.06 bits per heavy atom. The molecule has 0 bridgehead atoms. The van der Waals surface area contributed by atoms with Gasteiger partial charge in [-0.05, 0) is 25.3 Å². The van der Waals surface area contributed by atoms with Gasteiger partial charge in [0.05, 0.1) is 11.1 Å². The summed E-state index contributed by atoms with van der Waals surface area (Å²) < 4.78 is 5.94. The Kier molecular flexibility index (Phi) is 4.87. The molecule has 2 atom stereocenters. The van der Waals surface area contributed by atoms with Gasteiger partial charge in [-0.2, -0.15) is 0 Å². The molecule has 0 saturated heterocycles. The molecule has 0 spiro atoms. The minimum atomic E-state index is -0.408. The molecule has 1 fully saturated rings. The predicted molar refractivity (Wildman–Crippen MR) is 72.9 cm³/mol. The number of halogens is 1. The first-order chi connectivity index (χ1) is 8.72. The van der Waals surface area contributed by atoms with Gasteiger partial charge in [0.25, 0.3) is 0 Å². The maximum atomic E-state index is 10.1. The van der Waals surface area contributed by atoms with Crippen LogP contribution in [0.25, 0.3) is 0 Å². The summed E-state index contributed by atoms with van der Waals surface area (Å²) in [5.41, 5.74) is 6.58. The summed E-state index contributed by atoms with van der Waals surface area (Å²) in [4.78, 5) is 0. The third-order valence-corrected chi connectivity index (χ3v) is 3.75. The molecule has 0 aromatic heterocycles. The Morgan fingerprint density at radius 3 is 2.83 bits per heavy atom. The van der Waals surface area contributed by atoms with Crippen molar-refractivity contribution in [2.24, 2.45) is 5.73 Å². The summed E-state index contributed by atoms with van der Waals surface area (Å²) in [6.07, 6.45) is 4.40. The van der Waals surface area contributed by atoms with E-state index in [0.717, 1.165) is 37.7 Å². The number of rotatable bonds is 3. The second kappa shape index (κ2) is 6.41. The molecule has 18 heavy (non-hydrogen) atoms. The van der Waals surface area contributed by atoms with E-state index in [1.54, 1.807) is 6.07 Å². The van der Waals surface area contributed by atoms with Crippen LogP contribution in [0.3, 0.4) is 0 Å². The van der Waals surface area contributed by atoms with Crippen LogP contribution < -0.4 is 10.5 Å². The fourth-order valence-corrected chi connectivity index (χ4v) is 2.63. The SMILES string of the molecule is NCc1cccc(Cl)c1OC1CCCCCC1O. The van der Waals surface area contributed by atoms with Crippen LogP contribution >= 0.6 is 11.6 Å². The normalized spacial score (nSPS) is 24.6. The van der Waals surface area contributed by atoms with Gasteiger partial charge in [-0.25, -0.2) is 0 Å². The molecule has 0 radical (unpaired) electrons. The van der Waals surface area contributed by atoms with E-state index in [2.05, 4.69) is 0 Å². The number of benzene rings is 1. The molecule has 1 aliphatic carbocycles. The third-order valence-electron chi connectivity index (χ3n) is 3.46. The van der Waals surface area contributed by atoms with Gasteiger partial charge in [0.1, 0.15) is 11.9 Å². The standard InChI is InChI=1S/C14H20ClNO2/c15-11-6-4-5-10(9-16)14(11)18-13-8-3-1-2-7-12(13)17/h4-6,12-13,17H,1-3,7-9,16H2. The molecule has 1 saturated carbocycles. The smallest absolute Gasteiger partial charge is 0.142 e. The highest BCUT2D eigenvalue weighted by atomic mass is 35.5. The maximum Gasteiger partial charge on any atom is 0.142 e. The third kappa shape index (κ3) is 3.16. The Morgan fingerprint density at radius 1 is 1.28 bits per heavy atom. The van der Waals surface area contributed by atoms with Crippen molar-refractivity contribution in [2.45, 2.75) is 50.9 Å². The van der Waals surface area contributed by atoms with Crippen molar-refractivity contribution in [1.29, 1.82) is 0 Å². The molecular formula is C14H20ClNO2. The molecular weight excluding hydrogens is 250 g/mol. The minimum absolute atomic E-state index is 0.169. The first-order valence-electron chi connectivity index (χ1n) is 6.54. The summed E-state index contributed by atoms with van der Waals surface area (Å²) in [6.45, 7) is 0.388. The van der Waals surface area contributed by atoms with Crippen molar-refractivity contribution in [3.05, 3.63) is 28.8 Å². The summed E-state index contributed by atoms with van der Waals surface area (Å²) in [6, 6.07) is 5.56. The quantitative estimate of drug-likeness (QED) is 0.830. The van der Waals surface area contributed by atoms with E-state index in [1.165, 1.54) is 0 Å². The molecule has 3 nitrogen and oxygen atoms in total. The number of ether oxygens (including phenoxy) is 1. The lowest BCUT2D eigenvalue weighted by atomic mass is 10.1. The lowest BCUT2D eigenvalue weighted by molar-refractivity contribution is 0.0315. The minimum Gasteiger partial charge on any atom is -0.486 e. The molecule has 1 aliphatic rings. The summed E-state index contributed by atoms with van der Waals surface area (Å²) in [7, 11) is 0. The maximum absolute atomic E-state index is 10.1.